The lowest BCUT2D eigenvalue weighted by molar-refractivity contribution is 0.251. The second kappa shape index (κ2) is 4.42. The highest BCUT2D eigenvalue weighted by Gasteiger charge is 2.25. The van der Waals surface area contributed by atoms with Gasteiger partial charge in [0.1, 0.15) is 0 Å². The zero-order valence-corrected chi connectivity index (χ0v) is 11.1. The Morgan fingerprint density at radius 3 is 3.00 bits per heavy atom. The molecule has 2 aromatic rings. The molecule has 17 heavy (non-hydrogen) atoms. The van der Waals surface area contributed by atoms with Crippen LogP contribution in [0.4, 0.5) is 0 Å². The van der Waals surface area contributed by atoms with Gasteiger partial charge in [0, 0.05) is 29.9 Å². The fraction of sp³-hybridized carbons (Fsp3) is 0.615. The average molecular weight is 249 g/mol. The smallest absolute Gasteiger partial charge is 0.193 e. The Morgan fingerprint density at radius 2 is 2.24 bits per heavy atom. The van der Waals surface area contributed by atoms with Gasteiger partial charge in [-0.3, -0.25) is 4.40 Å². The van der Waals surface area contributed by atoms with E-state index in [0.29, 0.717) is 5.54 Å². The van der Waals surface area contributed by atoms with Gasteiger partial charge in [-0.2, -0.15) is 0 Å². The summed E-state index contributed by atoms with van der Waals surface area (Å²) < 4.78 is 2.10. The molecular formula is C13H19N3S. The van der Waals surface area contributed by atoms with Crippen LogP contribution < -0.4 is 5.32 Å². The summed E-state index contributed by atoms with van der Waals surface area (Å²) in [6.45, 7) is 3.25. The van der Waals surface area contributed by atoms with Gasteiger partial charge in [-0.25, -0.2) is 4.98 Å². The molecule has 0 aliphatic heterocycles. The zero-order chi connectivity index (χ0) is 11.7. The first-order valence-corrected chi connectivity index (χ1v) is 7.29. The van der Waals surface area contributed by atoms with Crippen molar-refractivity contribution in [3.05, 3.63) is 23.5 Å². The molecule has 0 radical (unpaired) electrons. The van der Waals surface area contributed by atoms with Crippen LogP contribution in [0.5, 0.6) is 0 Å². The quantitative estimate of drug-likeness (QED) is 0.905. The van der Waals surface area contributed by atoms with Gasteiger partial charge in [0.25, 0.3) is 0 Å². The Hall–Kier alpha value is -0.870. The lowest BCUT2D eigenvalue weighted by Gasteiger charge is -2.34. The molecule has 3 nitrogen and oxygen atoms in total. The van der Waals surface area contributed by atoms with Crippen molar-refractivity contribution < 1.29 is 0 Å². The summed E-state index contributed by atoms with van der Waals surface area (Å²) >= 11 is 1.69. The van der Waals surface area contributed by atoms with Gasteiger partial charge in [-0.05, 0) is 19.8 Å². The maximum Gasteiger partial charge on any atom is 0.193 e. The highest BCUT2D eigenvalue weighted by Crippen LogP contribution is 2.27. The molecule has 4 heteroatoms. The number of nitrogens with zero attached hydrogens (tertiary/aromatic N) is 2. The van der Waals surface area contributed by atoms with Crippen molar-refractivity contribution in [2.75, 3.05) is 0 Å². The summed E-state index contributed by atoms with van der Waals surface area (Å²) in [6, 6.07) is 0. The lowest BCUT2D eigenvalue weighted by atomic mass is 9.83. The number of hydrogen-bond donors (Lipinski definition) is 1. The molecule has 0 aromatic carbocycles. The molecule has 0 unspecified atom stereocenters. The highest BCUT2D eigenvalue weighted by atomic mass is 32.1. The molecule has 0 amide bonds. The molecule has 1 aliphatic carbocycles. The van der Waals surface area contributed by atoms with E-state index in [1.54, 1.807) is 11.3 Å². The molecule has 1 fully saturated rings. The Balaban J connectivity index is 1.65. The van der Waals surface area contributed by atoms with Gasteiger partial charge in [-0.15, -0.1) is 11.3 Å². The third-order valence-electron chi connectivity index (χ3n) is 3.80. The van der Waals surface area contributed by atoms with Crippen LogP contribution in [0, 0.1) is 0 Å². The van der Waals surface area contributed by atoms with Gasteiger partial charge in [0.05, 0.1) is 5.69 Å². The fourth-order valence-electron chi connectivity index (χ4n) is 2.67. The predicted octanol–water partition coefficient (Wildman–Crippen LogP) is 3.21. The van der Waals surface area contributed by atoms with Gasteiger partial charge in [0.2, 0.25) is 0 Å². The summed E-state index contributed by atoms with van der Waals surface area (Å²) in [4.78, 5) is 5.70. The van der Waals surface area contributed by atoms with Crippen molar-refractivity contribution in [1.82, 2.24) is 14.7 Å². The molecular weight excluding hydrogens is 230 g/mol. The molecule has 92 valence electrons. The number of imidazole rings is 1. The first-order chi connectivity index (χ1) is 8.25. The number of nitrogens with one attached hydrogen (secondary N) is 1. The number of rotatable bonds is 3. The number of hydrogen-bond acceptors (Lipinski definition) is 3. The van der Waals surface area contributed by atoms with Crippen LogP contribution in [0.2, 0.25) is 0 Å². The molecule has 0 atom stereocenters. The van der Waals surface area contributed by atoms with Crippen molar-refractivity contribution in [1.29, 1.82) is 0 Å². The van der Waals surface area contributed by atoms with E-state index in [4.69, 9.17) is 0 Å². The largest absolute Gasteiger partial charge is 0.306 e. The third-order valence-corrected chi connectivity index (χ3v) is 4.57. The molecule has 0 saturated heterocycles. The number of fused-ring (bicyclic) bond motifs is 1. The average Bonchev–Trinajstić information content (AvgIpc) is 2.87. The third kappa shape index (κ3) is 2.38. The summed E-state index contributed by atoms with van der Waals surface area (Å²) in [6.07, 6.45) is 10.9. The summed E-state index contributed by atoms with van der Waals surface area (Å²) in [5.74, 6) is 0. The standard InChI is InChI=1S/C13H19N3S/c1-13(5-3-2-4-6-13)14-9-11-10-16-7-8-17-12(16)15-11/h7-8,10,14H,2-6,9H2,1H3. The molecule has 2 aromatic heterocycles. The topological polar surface area (TPSA) is 29.3 Å². The Morgan fingerprint density at radius 1 is 1.41 bits per heavy atom. The second-order valence-corrected chi connectivity index (χ2v) is 6.17. The van der Waals surface area contributed by atoms with Crippen molar-refractivity contribution >= 4 is 16.3 Å². The van der Waals surface area contributed by atoms with Crippen molar-refractivity contribution in [3.63, 3.8) is 0 Å². The number of thiazole rings is 1. The van der Waals surface area contributed by atoms with Gasteiger partial charge >= 0.3 is 0 Å². The second-order valence-electron chi connectivity index (χ2n) is 5.30. The molecule has 1 saturated carbocycles. The van der Waals surface area contributed by atoms with E-state index < -0.39 is 0 Å². The van der Waals surface area contributed by atoms with Crippen LogP contribution >= 0.6 is 11.3 Å². The minimum Gasteiger partial charge on any atom is -0.306 e. The van der Waals surface area contributed by atoms with Crippen LogP contribution in [0.3, 0.4) is 0 Å². The number of aromatic nitrogens is 2. The fourth-order valence-corrected chi connectivity index (χ4v) is 3.39. The van der Waals surface area contributed by atoms with E-state index in [0.717, 1.165) is 17.2 Å². The van der Waals surface area contributed by atoms with Crippen LogP contribution in [-0.4, -0.2) is 14.9 Å². The van der Waals surface area contributed by atoms with Gasteiger partial charge < -0.3 is 5.32 Å². The van der Waals surface area contributed by atoms with E-state index >= 15 is 0 Å². The summed E-state index contributed by atoms with van der Waals surface area (Å²) in [5, 5.41) is 5.77. The van der Waals surface area contributed by atoms with E-state index in [1.165, 1.54) is 32.1 Å². The van der Waals surface area contributed by atoms with Crippen LogP contribution in [0.15, 0.2) is 17.8 Å². The molecule has 1 N–H and O–H groups in total. The minimum absolute atomic E-state index is 0.329. The van der Waals surface area contributed by atoms with E-state index in [1.807, 2.05) is 0 Å². The normalized spacial score (nSPS) is 19.8. The first kappa shape index (κ1) is 11.2. The molecule has 0 bridgehead atoms. The van der Waals surface area contributed by atoms with Crippen molar-refractivity contribution in [2.24, 2.45) is 0 Å². The molecule has 3 rings (SSSR count). The van der Waals surface area contributed by atoms with E-state index in [2.05, 4.69) is 39.4 Å². The maximum absolute atomic E-state index is 4.61. The first-order valence-electron chi connectivity index (χ1n) is 6.41. The monoisotopic (exact) mass is 249 g/mol. The summed E-state index contributed by atoms with van der Waals surface area (Å²) in [7, 11) is 0. The Labute approximate surface area is 106 Å². The van der Waals surface area contributed by atoms with Crippen molar-refractivity contribution in [3.8, 4) is 0 Å². The Kier molecular flexibility index (Phi) is 2.92. The SMILES string of the molecule is CC1(NCc2cn3ccsc3n2)CCCCC1. The molecule has 1 aliphatic rings. The zero-order valence-electron chi connectivity index (χ0n) is 10.3. The van der Waals surface area contributed by atoms with E-state index in [9.17, 15) is 0 Å². The van der Waals surface area contributed by atoms with Crippen molar-refractivity contribution in [2.45, 2.75) is 51.1 Å². The van der Waals surface area contributed by atoms with Crippen LogP contribution in [-0.2, 0) is 6.54 Å². The molecule has 2 heterocycles. The van der Waals surface area contributed by atoms with Crippen LogP contribution in [0.1, 0.15) is 44.7 Å². The summed E-state index contributed by atoms with van der Waals surface area (Å²) in [5.41, 5.74) is 1.48. The lowest BCUT2D eigenvalue weighted by Crippen LogP contribution is -2.43. The minimum atomic E-state index is 0.329. The highest BCUT2D eigenvalue weighted by molar-refractivity contribution is 7.15. The maximum atomic E-state index is 4.61. The van der Waals surface area contributed by atoms with E-state index in [-0.39, 0.29) is 0 Å². The predicted molar refractivity (Wildman–Crippen MR) is 71.4 cm³/mol. The Bertz CT molecular complexity index is 465. The molecule has 0 spiro atoms. The van der Waals surface area contributed by atoms with Gasteiger partial charge in [0.15, 0.2) is 4.96 Å². The van der Waals surface area contributed by atoms with Crippen LogP contribution in [0.25, 0.3) is 4.96 Å². The van der Waals surface area contributed by atoms with Gasteiger partial charge in [-0.1, -0.05) is 19.3 Å².